The molecule has 0 bridgehead atoms. The molecular formula is C13H11Cl2N3. The van der Waals surface area contributed by atoms with E-state index in [9.17, 15) is 0 Å². The summed E-state index contributed by atoms with van der Waals surface area (Å²) in [7, 11) is 1.77. The van der Waals surface area contributed by atoms with Crippen molar-refractivity contribution >= 4 is 41.3 Å². The van der Waals surface area contributed by atoms with Crippen LogP contribution >= 0.6 is 23.2 Å². The average Bonchev–Trinajstić information content (AvgIpc) is 2.39. The third kappa shape index (κ3) is 3.00. The summed E-state index contributed by atoms with van der Waals surface area (Å²) in [6.07, 6.45) is 7.16. The van der Waals surface area contributed by atoms with Crippen LogP contribution in [0.1, 0.15) is 11.1 Å². The summed E-state index contributed by atoms with van der Waals surface area (Å²) >= 11 is 12.1. The molecular weight excluding hydrogens is 269 g/mol. The zero-order valence-electron chi connectivity index (χ0n) is 9.69. The van der Waals surface area contributed by atoms with Crippen LogP contribution in [0, 0.1) is 0 Å². The van der Waals surface area contributed by atoms with Crippen LogP contribution < -0.4 is 5.32 Å². The zero-order chi connectivity index (χ0) is 13.0. The number of benzene rings is 1. The molecule has 0 aliphatic carbocycles. The molecule has 0 aliphatic heterocycles. The van der Waals surface area contributed by atoms with Gasteiger partial charge in [0.15, 0.2) is 0 Å². The lowest BCUT2D eigenvalue weighted by atomic mass is 10.2. The monoisotopic (exact) mass is 279 g/mol. The van der Waals surface area contributed by atoms with E-state index in [2.05, 4.69) is 15.3 Å². The van der Waals surface area contributed by atoms with Gasteiger partial charge in [0.1, 0.15) is 0 Å². The Labute approximate surface area is 115 Å². The van der Waals surface area contributed by atoms with Crippen molar-refractivity contribution in [3.05, 3.63) is 51.8 Å². The molecule has 0 unspecified atom stereocenters. The van der Waals surface area contributed by atoms with E-state index in [1.807, 2.05) is 18.2 Å². The van der Waals surface area contributed by atoms with E-state index in [0.29, 0.717) is 16.0 Å². The van der Waals surface area contributed by atoms with Crippen molar-refractivity contribution in [3.8, 4) is 0 Å². The maximum absolute atomic E-state index is 6.07. The van der Waals surface area contributed by atoms with E-state index in [4.69, 9.17) is 23.2 Å². The number of rotatable bonds is 3. The smallest absolute Gasteiger partial charge is 0.222 e. The van der Waals surface area contributed by atoms with Gasteiger partial charge in [-0.15, -0.1) is 0 Å². The second kappa shape index (κ2) is 5.85. The van der Waals surface area contributed by atoms with E-state index in [1.165, 1.54) is 0 Å². The fourth-order valence-corrected chi connectivity index (χ4v) is 1.93. The first-order chi connectivity index (χ1) is 8.70. The Kier molecular flexibility index (Phi) is 4.18. The molecule has 0 amide bonds. The SMILES string of the molecule is CNc1ncc(/C=C/c2c(Cl)cccc2Cl)cn1. The van der Waals surface area contributed by atoms with E-state index in [-0.39, 0.29) is 0 Å². The first-order valence-electron chi connectivity index (χ1n) is 5.32. The highest BCUT2D eigenvalue weighted by Crippen LogP contribution is 2.26. The van der Waals surface area contributed by atoms with Crippen LogP contribution in [-0.4, -0.2) is 17.0 Å². The Balaban J connectivity index is 2.24. The molecule has 2 rings (SSSR count). The summed E-state index contributed by atoms with van der Waals surface area (Å²) in [6.45, 7) is 0. The Morgan fingerprint density at radius 3 is 2.22 bits per heavy atom. The molecule has 1 heterocycles. The van der Waals surface area contributed by atoms with Crippen molar-refractivity contribution in [3.63, 3.8) is 0 Å². The third-order valence-electron chi connectivity index (χ3n) is 2.34. The number of hydrogen-bond donors (Lipinski definition) is 1. The molecule has 3 nitrogen and oxygen atoms in total. The molecule has 0 fully saturated rings. The van der Waals surface area contributed by atoms with Gasteiger partial charge in [0.25, 0.3) is 0 Å². The van der Waals surface area contributed by atoms with Crippen LogP contribution in [0.25, 0.3) is 12.2 Å². The van der Waals surface area contributed by atoms with Gasteiger partial charge in [-0.2, -0.15) is 0 Å². The Bertz CT molecular complexity index is 545. The molecule has 0 spiro atoms. The van der Waals surface area contributed by atoms with Crippen molar-refractivity contribution in [1.29, 1.82) is 0 Å². The minimum atomic E-state index is 0.586. The number of nitrogens with zero attached hydrogens (tertiary/aromatic N) is 2. The lowest BCUT2D eigenvalue weighted by molar-refractivity contribution is 1.14. The summed E-state index contributed by atoms with van der Waals surface area (Å²) in [5, 5.41) is 4.09. The topological polar surface area (TPSA) is 37.8 Å². The molecule has 5 heteroatoms. The van der Waals surface area contributed by atoms with Crippen molar-refractivity contribution in [2.45, 2.75) is 0 Å². The minimum Gasteiger partial charge on any atom is -0.357 e. The largest absolute Gasteiger partial charge is 0.357 e. The van der Waals surface area contributed by atoms with Crippen LogP contribution in [0.3, 0.4) is 0 Å². The molecule has 18 heavy (non-hydrogen) atoms. The van der Waals surface area contributed by atoms with Gasteiger partial charge >= 0.3 is 0 Å². The second-order valence-corrected chi connectivity index (χ2v) is 4.37. The lowest BCUT2D eigenvalue weighted by Gasteiger charge is -2.01. The summed E-state index contributed by atoms with van der Waals surface area (Å²) in [5.74, 6) is 0.586. The van der Waals surface area contributed by atoms with E-state index < -0.39 is 0 Å². The quantitative estimate of drug-likeness (QED) is 0.923. The molecule has 0 saturated heterocycles. The highest BCUT2D eigenvalue weighted by Gasteiger charge is 2.01. The van der Waals surface area contributed by atoms with Crippen molar-refractivity contribution in [2.24, 2.45) is 0 Å². The van der Waals surface area contributed by atoms with E-state index in [0.717, 1.165) is 11.1 Å². The van der Waals surface area contributed by atoms with Gasteiger partial charge < -0.3 is 5.32 Å². The average molecular weight is 280 g/mol. The van der Waals surface area contributed by atoms with Gasteiger partial charge in [-0.05, 0) is 12.1 Å². The van der Waals surface area contributed by atoms with Crippen LogP contribution in [0.4, 0.5) is 5.95 Å². The van der Waals surface area contributed by atoms with Crippen molar-refractivity contribution in [1.82, 2.24) is 9.97 Å². The van der Waals surface area contributed by atoms with Gasteiger partial charge in [-0.1, -0.05) is 41.4 Å². The standard InChI is InChI=1S/C13H11Cl2N3/c1-16-13-17-7-9(8-18-13)5-6-10-11(14)3-2-4-12(10)15/h2-8H,1H3,(H,16,17,18)/b6-5+. The van der Waals surface area contributed by atoms with Gasteiger partial charge in [-0.25, -0.2) is 9.97 Å². The van der Waals surface area contributed by atoms with Crippen LogP contribution in [0.5, 0.6) is 0 Å². The van der Waals surface area contributed by atoms with Gasteiger partial charge in [0.2, 0.25) is 5.95 Å². The van der Waals surface area contributed by atoms with E-state index in [1.54, 1.807) is 31.6 Å². The molecule has 1 N–H and O–H groups in total. The summed E-state index contributed by atoms with van der Waals surface area (Å²) < 4.78 is 0. The first-order valence-corrected chi connectivity index (χ1v) is 6.08. The number of anilines is 1. The Morgan fingerprint density at radius 2 is 1.67 bits per heavy atom. The Hall–Kier alpha value is -1.58. The van der Waals surface area contributed by atoms with Gasteiger partial charge in [-0.3, -0.25) is 0 Å². The predicted octanol–water partition coefficient (Wildman–Crippen LogP) is 4.00. The first kappa shape index (κ1) is 12.9. The second-order valence-electron chi connectivity index (χ2n) is 3.56. The molecule has 1 aromatic carbocycles. The summed E-state index contributed by atoms with van der Waals surface area (Å²) in [5.41, 5.74) is 1.67. The molecule has 0 saturated carbocycles. The summed E-state index contributed by atoms with van der Waals surface area (Å²) in [6, 6.07) is 5.41. The van der Waals surface area contributed by atoms with Crippen molar-refractivity contribution < 1.29 is 0 Å². The third-order valence-corrected chi connectivity index (χ3v) is 3.00. The van der Waals surface area contributed by atoms with Gasteiger partial charge in [0.05, 0.1) is 0 Å². The van der Waals surface area contributed by atoms with E-state index >= 15 is 0 Å². The Morgan fingerprint density at radius 1 is 1.06 bits per heavy atom. The summed E-state index contributed by atoms with van der Waals surface area (Å²) in [4.78, 5) is 8.23. The molecule has 0 aliphatic rings. The molecule has 1 aromatic heterocycles. The van der Waals surface area contributed by atoms with Crippen molar-refractivity contribution in [2.75, 3.05) is 12.4 Å². The minimum absolute atomic E-state index is 0.586. The van der Waals surface area contributed by atoms with Gasteiger partial charge in [0, 0.05) is 40.6 Å². The lowest BCUT2D eigenvalue weighted by Crippen LogP contribution is -1.94. The number of aromatic nitrogens is 2. The van der Waals surface area contributed by atoms with Crippen LogP contribution in [0.15, 0.2) is 30.6 Å². The van der Waals surface area contributed by atoms with Crippen LogP contribution in [-0.2, 0) is 0 Å². The number of hydrogen-bond acceptors (Lipinski definition) is 3. The number of halogens is 2. The normalized spacial score (nSPS) is 10.8. The predicted molar refractivity (Wildman–Crippen MR) is 77.0 cm³/mol. The fraction of sp³-hybridized carbons (Fsp3) is 0.0769. The fourth-order valence-electron chi connectivity index (χ4n) is 1.40. The highest BCUT2D eigenvalue weighted by molar-refractivity contribution is 6.37. The molecule has 0 radical (unpaired) electrons. The molecule has 92 valence electrons. The molecule has 2 aromatic rings. The maximum Gasteiger partial charge on any atom is 0.222 e. The zero-order valence-corrected chi connectivity index (χ0v) is 11.2. The number of nitrogens with one attached hydrogen (secondary N) is 1. The maximum atomic E-state index is 6.07. The highest BCUT2D eigenvalue weighted by atomic mass is 35.5. The molecule has 0 atom stereocenters. The van der Waals surface area contributed by atoms with Crippen LogP contribution in [0.2, 0.25) is 10.0 Å².